The van der Waals surface area contributed by atoms with Gasteiger partial charge in [0.05, 0.1) is 11.0 Å². The molecule has 0 aliphatic heterocycles. The molecule has 0 radical (unpaired) electrons. The normalized spacial score (nSPS) is 13.8. The molecule has 0 saturated carbocycles. The van der Waals surface area contributed by atoms with Crippen LogP contribution in [0.25, 0.3) is 69.9 Å². The Kier molecular flexibility index (Phi) is 4.61. The molecule has 0 atom stereocenters. The summed E-state index contributed by atoms with van der Waals surface area (Å²) < 4.78 is 5.13. The highest BCUT2D eigenvalue weighted by atomic mass is 32.1. The van der Waals surface area contributed by atoms with E-state index >= 15 is 0 Å². The van der Waals surface area contributed by atoms with Gasteiger partial charge in [0, 0.05) is 42.0 Å². The molecule has 2 aromatic heterocycles. The predicted octanol–water partition coefficient (Wildman–Crippen LogP) is 11.1. The molecule has 41 heavy (non-hydrogen) atoms. The van der Waals surface area contributed by atoms with Crippen molar-refractivity contribution >= 4 is 53.3 Å². The van der Waals surface area contributed by atoms with E-state index in [1.807, 2.05) is 11.3 Å². The SMILES string of the molecule is CC1(C)c2ccccc2-c2cc3c(cc21)c1ccccc1n3-c1ccc(-c2cccc3sc4ccccc4c23)cc1. The quantitative estimate of drug-likeness (QED) is 0.205. The lowest BCUT2D eigenvalue weighted by molar-refractivity contribution is 0.661. The summed E-state index contributed by atoms with van der Waals surface area (Å²) in [7, 11) is 0. The molecule has 8 aromatic rings. The van der Waals surface area contributed by atoms with E-state index in [9.17, 15) is 0 Å². The van der Waals surface area contributed by atoms with Crippen molar-refractivity contribution in [2.24, 2.45) is 0 Å². The van der Waals surface area contributed by atoms with Gasteiger partial charge in [0.15, 0.2) is 0 Å². The third kappa shape index (κ3) is 3.11. The van der Waals surface area contributed by atoms with E-state index in [2.05, 4.69) is 146 Å². The van der Waals surface area contributed by atoms with Crippen molar-refractivity contribution in [1.29, 1.82) is 0 Å². The van der Waals surface area contributed by atoms with Crippen LogP contribution in [0.2, 0.25) is 0 Å². The lowest BCUT2D eigenvalue weighted by Gasteiger charge is -2.21. The lowest BCUT2D eigenvalue weighted by Crippen LogP contribution is -2.14. The molecule has 194 valence electrons. The van der Waals surface area contributed by atoms with E-state index in [-0.39, 0.29) is 5.41 Å². The first-order valence-electron chi connectivity index (χ1n) is 14.3. The number of fused-ring (bicyclic) bond motifs is 9. The number of hydrogen-bond donors (Lipinski definition) is 0. The number of nitrogens with zero attached hydrogens (tertiary/aromatic N) is 1. The Bertz CT molecular complexity index is 2330. The molecule has 1 nitrogen and oxygen atoms in total. The fourth-order valence-corrected chi connectivity index (χ4v) is 8.38. The van der Waals surface area contributed by atoms with Crippen molar-refractivity contribution in [3.05, 3.63) is 139 Å². The third-order valence-corrected chi connectivity index (χ3v) is 10.4. The molecule has 2 heteroatoms. The van der Waals surface area contributed by atoms with Crippen LogP contribution in [0.15, 0.2) is 127 Å². The predicted molar refractivity (Wildman–Crippen MR) is 177 cm³/mol. The number of aromatic nitrogens is 1. The van der Waals surface area contributed by atoms with Gasteiger partial charge in [-0.25, -0.2) is 0 Å². The summed E-state index contributed by atoms with van der Waals surface area (Å²) in [6.07, 6.45) is 0. The van der Waals surface area contributed by atoms with E-state index in [0.29, 0.717) is 0 Å². The number of rotatable bonds is 2. The first-order valence-corrected chi connectivity index (χ1v) is 15.1. The zero-order chi connectivity index (χ0) is 27.3. The number of para-hydroxylation sites is 1. The zero-order valence-electron chi connectivity index (χ0n) is 23.0. The van der Waals surface area contributed by atoms with Gasteiger partial charge in [-0.3, -0.25) is 0 Å². The van der Waals surface area contributed by atoms with Gasteiger partial charge in [-0.2, -0.15) is 0 Å². The van der Waals surface area contributed by atoms with Crippen LogP contribution >= 0.6 is 11.3 Å². The van der Waals surface area contributed by atoms with Gasteiger partial charge in [-0.1, -0.05) is 98.8 Å². The summed E-state index contributed by atoms with van der Waals surface area (Å²) in [6, 6.07) is 47.3. The van der Waals surface area contributed by atoms with Crippen LogP contribution in [0, 0.1) is 0 Å². The second-order valence-electron chi connectivity index (χ2n) is 11.8. The molecule has 0 bridgehead atoms. The van der Waals surface area contributed by atoms with Crippen LogP contribution in [0.5, 0.6) is 0 Å². The van der Waals surface area contributed by atoms with Gasteiger partial charge in [0.2, 0.25) is 0 Å². The standard InChI is InChI=1S/C39H27NS/c1-39(2)32-14-6-3-10-27(32)30-23-35-31(22-33(30)39)28-11-4-7-15-34(28)40(35)25-20-18-24(19-21-25)26-13-9-17-37-38(26)29-12-5-8-16-36(29)41-37/h3-23H,1-2H3. The lowest BCUT2D eigenvalue weighted by atomic mass is 9.82. The maximum Gasteiger partial charge on any atom is 0.0547 e. The average Bonchev–Trinajstić information content (AvgIpc) is 3.62. The highest BCUT2D eigenvalue weighted by Gasteiger charge is 2.36. The van der Waals surface area contributed by atoms with Gasteiger partial charge in [0.25, 0.3) is 0 Å². The van der Waals surface area contributed by atoms with Crippen LogP contribution in [0.4, 0.5) is 0 Å². The van der Waals surface area contributed by atoms with Crippen LogP contribution in [-0.2, 0) is 5.41 Å². The zero-order valence-corrected chi connectivity index (χ0v) is 23.8. The molecule has 1 aliphatic carbocycles. The van der Waals surface area contributed by atoms with E-state index < -0.39 is 0 Å². The molecular weight excluding hydrogens is 515 g/mol. The van der Waals surface area contributed by atoms with Crippen LogP contribution in [0.1, 0.15) is 25.0 Å². The molecule has 6 aromatic carbocycles. The highest BCUT2D eigenvalue weighted by Crippen LogP contribution is 2.51. The minimum absolute atomic E-state index is 0.0161. The van der Waals surface area contributed by atoms with Crippen molar-refractivity contribution in [2.75, 3.05) is 0 Å². The van der Waals surface area contributed by atoms with E-state index in [0.717, 1.165) is 0 Å². The van der Waals surface area contributed by atoms with Gasteiger partial charge in [-0.05, 0) is 75.8 Å². The maximum absolute atomic E-state index is 2.46. The van der Waals surface area contributed by atoms with Crippen molar-refractivity contribution in [3.63, 3.8) is 0 Å². The first-order chi connectivity index (χ1) is 20.1. The highest BCUT2D eigenvalue weighted by molar-refractivity contribution is 7.25. The summed E-state index contributed by atoms with van der Waals surface area (Å²) in [5.74, 6) is 0. The summed E-state index contributed by atoms with van der Waals surface area (Å²) in [5.41, 5.74) is 11.8. The number of hydrogen-bond acceptors (Lipinski definition) is 1. The van der Waals surface area contributed by atoms with Gasteiger partial charge >= 0.3 is 0 Å². The minimum atomic E-state index is -0.0161. The molecule has 2 heterocycles. The Labute approximate surface area is 242 Å². The molecule has 0 N–H and O–H groups in total. The molecule has 0 spiro atoms. The van der Waals surface area contributed by atoms with Crippen molar-refractivity contribution < 1.29 is 0 Å². The van der Waals surface area contributed by atoms with Crippen molar-refractivity contribution in [1.82, 2.24) is 4.57 Å². The van der Waals surface area contributed by atoms with Crippen molar-refractivity contribution in [3.8, 4) is 27.9 Å². The van der Waals surface area contributed by atoms with Gasteiger partial charge in [0.1, 0.15) is 0 Å². The summed E-state index contributed by atoms with van der Waals surface area (Å²) in [6.45, 7) is 4.72. The largest absolute Gasteiger partial charge is 0.309 e. The summed E-state index contributed by atoms with van der Waals surface area (Å²) >= 11 is 1.88. The fraction of sp³-hybridized carbons (Fsp3) is 0.0769. The molecule has 9 rings (SSSR count). The Morgan fingerprint density at radius 3 is 2.10 bits per heavy atom. The second-order valence-corrected chi connectivity index (χ2v) is 12.8. The fourth-order valence-electron chi connectivity index (χ4n) is 7.25. The molecular formula is C39H27NS. The van der Waals surface area contributed by atoms with Gasteiger partial charge < -0.3 is 4.57 Å². The number of benzene rings is 6. The van der Waals surface area contributed by atoms with Crippen molar-refractivity contribution in [2.45, 2.75) is 19.3 Å². The first kappa shape index (κ1) is 23.1. The summed E-state index contributed by atoms with van der Waals surface area (Å²) in [5, 5.41) is 5.32. The summed E-state index contributed by atoms with van der Waals surface area (Å²) in [4.78, 5) is 0. The molecule has 1 aliphatic rings. The van der Waals surface area contributed by atoms with E-state index in [1.54, 1.807) is 0 Å². The van der Waals surface area contributed by atoms with Gasteiger partial charge in [-0.15, -0.1) is 11.3 Å². The average molecular weight is 542 g/mol. The Morgan fingerprint density at radius 2 is 1.22 bits per heavy atom. The van der Waals surface area contributed by atoms with E-state index in [1.165, 1.54) is 81.0 Å². The molecule has 0 unspecified atom stereocenters. The Hall–Kier alpha value is -4.66. The van der Waals surface area contributed by atoms with E-state index in [4.69, 9.17) is 0 Å². The third-order valence-electron chi connectivity index (χ3n) is 9.21. The maximum atomic E-state index is 2.46. The Balaban J connectivity index is 1.26. The minimum Gasteiger partial charge on any atom is -0.309 e. The number of thiophene rings is 1. The van der Waals surface area contributed by atoms with Crippen LogP contribution in [0.3, 0.4) is 0 Å². The van der Waals surface area contributed by atoms with Crippen LogP contribution in [-0.4, -0.2) is 4.57 Å². The van der Waals surface area contributed by atoms with Crippen LogP contribution < -0.4 is 0 Å². The topological polar surface area (TPSA) is 4.93 Å². The molecule has 0 saturated heterocycles. The second kappa shape index (κ2) is 8.19. The monoisotopic (exact) mass is 541 g/mol. The molecule has 0 amide bonds. The Morgan fingerprint density at radius 1 is 0.512 bits per heavy atom. The smallest absolute Gasteiger partial charge is 0.0547 e. The molecule has 0 fully saturated rings.